The van der Waals surface area contributed by atoms with Crippen LogP contribution in [-0.2, 0) is 0 Å². The smallest absolute Gasteiger partial charge is 0.265 e. The van der Waals surface area contributed by atoms with Gasteiger partial charge in [0.15, 0.2) is 0 Å². The number of para-hydroxylation sites is 1. The van der Waals surface area contributed by atoms with Gasteiger partial charge in [-0.25, -0.2) is 0 Å². The van der Waals surface area contributed by atoms with Gasteiger partial charge in [-0.1, -0.05) is 42.5 Å². The lowest BCUT2D eigenvalue weighted by atomic mass is 9.96. The highest BCUT2D eigenvalue weighted by atomic mass is 16.3. The number of hydrogen-bond donors (Lipinski definition) is 1. The van der Waals surface area contributed by atoms with E-state index in [0.717, 1.165) is 21.5 Å². The summed E-state index contributed by atoms with van der Waals surface area (Å²) < 4.78 is 0.873. The first-order valence-electron chi connectivity index (χ1n) is 5.85. The van der Waals surface area contributed by atoms with Crippen molar-refractivity contribution in [3.05, 3.63) is 70.6 Å². The maximum Gasteiger partial charge on any atom is 0.285 e. The van der Waals surface area contributed by atoms with Crippen molar-refractivity contribution in [3.63, 3.8) is 0 Å². The van der Waals surface area contributed by atoms with E-state index in [-0.39, 0.29) is 0 Å². The van der Waals surface area contributed by atoms with Gasteiger partial charge in [-0.15, -0.1) is 0 Å². The predicted molar refractivity (Wildman–Crippen MR) is 72.0 cm³/mol. The van der Waals surface area contributed by atoms with E-state index in [0.29, 0.717) is 5.69 Å². The molecule has 0 bridgehead atoms. The number of nitrogens with two attached hydrogens (primary N) is 1. The second-order valence-corrected chi connectivity index (χ2v) is 4.30. The van der Waals surface area contributed by atoms with Crippen LogP contribution in [0.4, 0.5) is 5.69 Å². The molecule has 88 valence electrons. The maximum absolute atomic E-state index is 12.2. The van der Waals surface area contributed by atoms with Gasteiger partial charge in [0, 0.05) is 16.5 Å². The summed E-state index contributed by atoms with van der Waals surface area (Å²) in [6.45, 7) is 0. The average molecular weight is 237 g/mol. The van der Waals surface area contributed by atoms with Crippen LogP contribution < -0.4 is 5.73 Å². The van der Waals surface area contributed by atoms with Crippen molar-refractivity contribution in [1.29, 1.82) is 0 Å². The van der Waals surface area contributed by atoms with E-state index >= 15 is 0 Å². The fourth-order valence-electron chi connectivity index (χ4n) is 2.22. The van der Waals surface area contributed by atoms with E-state index in [1.165, 1.54) is 0 Å². The molecule has 2 aromatic carbocycles. The van der Waals surface area contributed by atoms with Gasteiger partial charge in [0.1, 0.15) is 0 Å². The first-order valence-corrected chi connectivity index (χ1v) is 5.85. The molecule has 1 aliphatic heterocycles. The third-order valence-electron chi connectivity index (χ3n) is 3.16. The summed E-state index contributed by atoms with van der Waals surface area (Å²) in [5, 5.41) is 0. The summed E-state index contributed by atoms with van der Waals surface area (Å²) in [7, 11) is 0. The molecule has 0 aromatic heterocycles. The molecule has 1 heterocycles. The summed E-state index contributed by atoms with van der Waals surface area (Å²) in [5.41, 5.74) is 9.39. The third kappa shape index (κ3) is 1.65. The van der Waals surface area contributed by atoms with Gasteiger partial charge >= 0.3 is 0 Å². The van der Waals surface area contributed by atoms with Crippen LogP contribution in [0.1, 0.15) is 11.1 Å². The van der Waals surface area contributed by atoms with Crippen molar-refractivity contribution in [2.45, 2.75) is 6.17 Å². The molecule has 1 atom stereocenters. The number of nitrogens with zero attached hydrogens (tertiary/aromatic N) is 1. The molecule has 0 fully saturated rings. The molecule has 3 heteroatoms. The minimum atomic E-state index is -0.651. The molecule has 0 radical (unpaired) electrons. The SMILES string of the molecule is NC1C(c2ccccc2)=Cc2ccccc2[N+]1=O. The van der Waals surface area contributed by atoms with Crippen LogP contribution in [0.15, 0.2) is 54.6 Å². The molecular weight excluding hydrogens is 224 g/mol. The Morgan fingerprint density at radius 3 is 2.39 bits per heavy atom. The van der Waals surface area contributed by atoms with Gasteiger partial charge in [0.25, 0.3) is 11.9 Å². The van der Waals surface area contributed by atoms with Crippen molar-refractivity contribution < 1.29 is 4.76 Å². The number of rotatable bonds is 1. The first kappa shape index (κ1) is 10.9. The third-order valence-corrected chi connectivity index (χ3v) is 3.16. The highest BCUT2D eigenvalue weighted by Gasteiger charge is 2.34. The highest BCUT2D eigenvalue weighted by Crippen LogP contribution is 2.33. The van der Waals surface area contributed by atoms with E-state index in [9.17, 15) is 4.91 Å². The van der Waals surface area contributed by atoms with Crippen molar-refractivity contribution >= 4 is 17.3 Å². The van der Waals surface area contributed by atoms with Gasteiger partial charge in [-0.3, -0.25) is 5.73 Å². The molecule has 3 nitrogen and oxygen atoms in total. The average Bonchev–Trinajstić information content (AvgIpc) is 2.44. The maximum atomic E-state index is 12.2. The van der Waals surface area contributed by atoms with Crippen molar-refractivity contribution in [2.75, 3.05) is 0 Å². The van der Waals surface area contributed by atoms with Gasteiger partial charge in [0.05, 0.1) is 10.3 Å². The van der Waals surface area contributed by atoms with Crippen LogP contribution in [0.2, 0.25) is 0 Å². The molecule has 18 heavy (non-hydrogen) atoms. The summed E-state index contributed by atoms with van der Waals surface area (Å²) in [6.07, 6.45) is 1.34. The lowest BCUT2D eigenvalue weighted by Crippen LogP contribution is -2.33. The molecule has 2 aromatic rings. The Morgan fingerprint density at radius 1 is 0.944 bits per heavy atom. The van der Waals surface area contributed by atoms with Crippen LogP contribution in [-0.4, -0.2) is 10.9 Å². The van der Waals surface area contributed by atoms with Crippen LogP contribution >= 0.6 is 0 Å². The molecule has 1 aliphatic rings. The summed E-state index contributed by atoms with van der Waals surface area (Å²) in [4.78, 5) is 12.2. The van der Waals surface area contributed by atoms with Crippen LogP contribution in [0, 0.1) is 4.91 Å². The Hall–Kier alpha value is -2.26. The molecule has 0 spiro atoms. The molecule has 1 unspecified atom stereocenters. The Bertz CT molecular complexity index is 632. The van der Waals surface area contributed by atoms with Crippen molar-refractivity contribution in [3.8, 4) is 0 Å². The topological polar surface area (TPSA) is 46.1 Å². The minimum Gasteiger partial charge on any atom is -0.265 e. The molecule has 0 amide bonds. The highest BCUT2D eigenvalue weighted by molar-refractivity contribution is 5.87. The Kier molecular flexibility index (Phi) is 2.54. The van der Waals surface area contributed by atoms with Crippen LogP contribution in [0.5, 0.6) is 0 Å². The molecule has 2 N–H and O–H groups in total. The minimum absolute atomic E-state index is 0.629. The fraction of sp³-hybridized carbons (Fsp3) is 0.0667. The molecule has 0 saturated carbocycles. The number of fused-ring (bicyclic) bond motifs is 1. The molecule has 0 saturated heterocycles. The standard InChI is InChI=1S/C15H13N2O/c16-15-13(11-6-2-1-3-7-11)10-12-8-4-5-9-14(12)17(15)18/h1-10,15H,16H2/q+1. The van der Waals surface area contributed by atoms with Gasteiger partial charge < -0.3 is 0 Å². The van der Waals surface area contributed by atoms with Crippen molar-refractivity contribution in [1.82, 2.24) is 0 Å². The van der Waals surface area contributed by atoms with E-state index in [2.05, 4.69) is 0 Å². The van der Waals surface area contributed by atoms with Gasteiger partial charge in [-0.2, -0.15) is 0 Å². The van der Waals surface area contributed by atoms with Crippen molar-refractivity contribution in [2.24, 2.45) is 5.73 Å². The Morgan fingerprint density at radius 2 is 1.61 bits per heavy atom. The van der Waals surface area contributed by atoms with E-state index in [4.69, 9.17) is 5.73 Å². The zero-order valence-corrected chi connectivity index (χ0v) is 9.78. The van der Waals surface area contributed by atoms with Crippen LogP contribution in [0.25, 0.3) is 11.6 Å². The van der Waals surface area contributed by atoms with Gasteiger partial charge in [0.2, 0.25) is 0 Å². The zero-order chi connectivity index (χ0) is 12.5. The number of nitroso groups, excluding NO2 is 1. The number of hydrogen-bond acceptors (Lipinski definition) is 2. The summed E-state index contributed by atoms with van der Waals surface area (Å²) >= 11 is 0. The summed E-state index contributed by atoms with van der Waals surface area (Å²) in [6, 6.07) is 17.2. The normalized spacial score (nSPS) is 18.2. The monoisotopic (exact) mass is 237 g/mol. The lowest BCUT2D eigenvalue weighted by Gasteiger charge is -2.15. The molecular formula is C15H13N2O+. The van der Waals surface area contributed by atoms with E-state index in [1.807, 2.05) is 54.6 Å². The second kappa shape index (κ2) is 4.20. The second-order valence-electron chi connectivity index (χ2n) is 4.30. The van der Waals surface area contributed by atoms with E-state index in [1.54, 1.807) is 6.07 Å². The summed E-state index contributed by atoms with van der Waals surface area (Å²) in [5.74, 6) is 0. The quantitative estimate of drug-likeness (QED) is 0.775. The lowest BCUT2D eigenvalue weighted by molar-refractivity contribution is -0.489. The zero-order valence-electron chi connectivity index (χ0n) is 9.78. The van der Waals surface area contributed by atoms with E-state index < -0.39 is 6.17 Å². The fourth-order valence-corrected chi connectivity index (χ4v) is 2.22. The van der Waals surface area contributed by atoms with Crippen LogP contribution in [0.3, 0.4) is 0 Å². The Labute approximate surface area is 105 Å². The Balaban J connectivity index is 2.17. The first-order chi connectivity index (χ1) is 8.77. The van der Waals surface area contributed by atoms with Gasteiger partial charge in [-0.05, 0) is 17.7 Å². The number of benzene rings is 2. The molecule has 3 rings (SSSR count). The molecule has 0 aliphatic carbocycles. The predicted octanol–water partition coefficient (Wildman–Crippen LogP) is 2.94. The largest absolute Gasteiger partial charge is 0.285 e.